The lowest BCUT2D eigenvalue weighted by atomic mass is 10.3. The number of guanidine groups is 1. The second-order valence-corrected chi connectivity index (χ2v) is 8.36. The van der Waals surface area contributed by atoms with Crippen LogP contribution in [0.1, 0.15) is 13.3 Å². The van der Waals surface area contributed by atoms with Crippen LogP contribution in [0.15, 0.2) is 64.5 Å². The van der Waals surface area contributed by atoms with E-state index in [1.54, 1.807) is 49.5 Å². The molecule has 28 heavy (non-hydrogen) atoms. The Morgan fingerprint density at radius 1 is 1.14 bits per heavy atom. The van der Waals surface area contributed by atoms with Gasteiger partial charge in [0.2, 0.25) is 0 Å². The minimum atomic E-state index is -3.28. The summed E-state index contributed by atoms with van der Waals surface area (Å²) in [6.45, 7) is 2.78. The number of hydrogen-bond donors (Lipinski definition) is 2. The Hall–Kier alpha value is -2.61. The van der Waals surface area contributed by atoms with Crippen molar-refractivity contribution >= 4 is 15.8 Å². The van der Waals surface area contributed by atoms with E-state index in [0.29, 0.717) is 36.1 Å². The minimum absolute atomic E-state index is 0.0556. The van der Waals surface area contributed by atoms with Crippen LogP contribution in [0, 0.1) is 5.82 Å². The molecule has 1 unspecified atom stereocenters. The van der Waals surface area contributed by atoms with Gasteiger partial charge in [-0.15, -0.1) is 0 Å². The van der Waals surface area contributed by atoms with Crippen molar-refractivity contribution in [1.29, 1.82) is 0 Å². The second-order valence-electron chi connectivity index (χ2n) is 6.25. The maximum atomic E-state index is 13.2. The first-order chi connectivity index (χ1) is 13.4. The molecule has 0 fully saturated rings. The number of nitrogens with zero attached hydrogens (tertiary/aromatic N) is 1. The maximum absolute atomic E-state index is 13.2. The number of benzene rings is 2. The lowest BCUT2D eigenvalue weighted by Crippen LogP contribution is -2.42. The van der Waals surface area contributed by atoms with Crippen molar-refractivity contribution in [2.75, 3.05) is 25.9 Å². The van der Waals surface area contributed by atoms with E-state index in [4.69, 9.17) is 4.74 Å². The van der Waals surface area contributed by atoms with Gasteiger partial charge < -0.3 is 15.4 Å². The van der Waals surface area contributed by atoms with E-state index < -0.39 is 9.84 Å². The lowest BCUT2D eigenvalue weighted by molar-refractivity contribution is 0.223. The molecule has 152 valence electrons. The summed E-state index contributed by atoms with van der Waals surface area (Å²) >= 11 is 0. The molecule has 0 amide bonds. The van der Waals surface area contributed by atoms with Gasteiger partial charge in [-0.05, 0) is 37.6 Å². The summed E-state index contributed by atoms with van der Waals surface area (Å²) in [7, 11) is -1.65. The van der Waals surface area contributed by atoms with E-state index in [-0.39, 0.29) is 17.7 Å². The smallest absolute Gasteiger partial charge is 0.191 e. The molecule has 0 heterocycles. The number of aliphatic imine (C=N–C) groups is 1. The number of rotatable bonds is 9. The molecular formula is C20H26FN3O3S. The molecule has 0 saturated heterocycles. The average Bonchev–Trinajstić information content (AvgIpc) is 2.68. The summed E-state index contributed by atoms with van der Waals surface area (Å²) in [4.78, 5) is 4.44. The molecule has 1 atom stereocenters. The van der Waals surface area contributed by atoms with Crippen molar-refractivity contribution in [3.8, 4) is 5.75 Å². The molecule has 0 radical (unpaired) electrons. The number of nitrogens with one attached hydrogen (secondary N) is 2. The monoisotopic (exact) mass is 407 g/mol. The minimum Gasteiger partial charge on any atom is -0.489 e. The van der Waals surface area contributed by atoms with Crippen LogP contribution in [0.2, 0.25) is 0 Å². The third-order valence-electron chi connectivity index (χ3n) is 3.90. The van der Waals surface area contributed by atoms with E-state index in [2.05, 4.69) is 15.6 Å². The largest absolute Gasteiger partial charge is 0.489 e. The topological polar surface area (TPSA) is 79.8 Å². The Kier molecular flexibility index (Phi) is 8.25. The highest BCUT2D eigenvalue weighted by molar-refractivity contribution is 7.91. The van der Waals surface area contributed by atoms with Gasteiger partial charge >= 0.3 is 0 Å². The van der Waals surface area contributed by atoms with Gasteiger partial charge in [-0.3, -0.25) is 4.99 Å². The number of ether oxygens (including phenoxy) is 1. The van der Waals surface area contributed by atoms with Gasteiger partial charge in [0.15, 0.2) is 15.8 Å². The number of sulfone groups is 1. The van der Waals surface area contributed by atoms with Crippen LogP contribution in [0.4, 0.5) is 4.39 Å². The predicted octanol–water partition coefficient (Wildman–Crippen LogP) is 2.62. The SMILES string of the molecule is CN=C(NCCCS(=O)(=O)c1ccccc1)NCC(C)Oc1cccc(F)c1. The van der Waals surface area contributed by atoms with Crippen LogP contribution in [0.25, 0.3) is 0 Å². The van der Waals surface area contributed by atoms with E-state index in [9.17, 15) is 12.8 Å². The molecule has 2 rings (SSSR count). The van der Waals surface area contributed by atoms with Crippen molar-refractivity contribution in [3.05, 3.63) is 60.4 Å². The van der Waals surface area contributed by atoms with Gasteiger partial charge in [0.05, 0.1) is 17.2 Å². The zero-order chi connectivity index (χ0) is 20.4. The molecule has 0 aliphatic carbocycles. The Bertz CT molecular complexity index is 873. The molecule has 0 aliphatic rings. The van der Waals surface area contributed by atoms with Crippen LogP contribution in [-0.4, -0.2) is 46.4 Å². The van der Waals surface area contributed by atoms with Crippen molar-refractivity contribution < 1.29 is 17.5 Å². The summed E-state index contributed by atoms with van der Waals surface area (Å²) in [5, 5.41) is 6.18. The maximum Gasteiger partial charge on any atom is 0.191 e. The Balaban J connectivity index is 1.71. The highest BCUT2D eigenvalue weighted by Crippen LogP contribution is 2.13. The third-order valence-corrected chi connectivity index (χ3v) is 5.72. The summed E-state index contributed by atoms with van der Waals surface area (Å²) in [5.74, 6) is 0.718. The molecule has 2 N–H and O–H groups in total. The molecular weight excluding hydrogens is 381 g/mol. The van der Waals surface area contributed by atoms with Crippen LogP contribution in [-0.2, 0) is 9.84 Å². The first-order valence-electron chi connectivity index (χ1n) is 9.05. The Morgan fingerprint density at radius 2 is 1.89 bits per heavy atom. The van der Waals surface area contributed by atoms with Gasteiger partial charge in [0.1, 0.15) is 17.7 Å². The van der Waals surface area contributed by atoms with E-state index in [1.165, 1.54) is 12.1 Å². The van der Waals surface area contributed by atoms with Gasteiger partial charge in [-0.25, -0.2) is 12.8 Å². The van der Waals surface area contributed by atoms with E-state index in [1.807, 2.05) is 6.92 Å². The summed E-state index contributed by atoms with van der Waals surface area (Å²) in [6, 6.07) is 14.4. The van der Waals surface area contributed by atoms with Crippen molar-refractivity contribution in [3.63, 3.8) is 0 Å². The van der Waals surface area contributed by atoms with Gasteiger partial charge in [0, 0.05) is 19.7 Å². The zero-order valence-electron chi connectivity index (χ0n) is 16.1. The molecule has 2 aromatic rings. The molecule has 8 heteroatoms. The van der Waals surface area contributed by atoms with Crippen LogP contribution in [0.3, 0.4) is 0 Å². The first-order valence-corrected chi connectivity index (χ1v) is 10.7. The van der Waals surface area contributed by atoms with Gasteiger partial charge in [-0.1, -0.05) is 24.3 Å². The average molecular weight is 408 g/mol. The molecule has 6 nitrogen and oxygen atoms in total. The molecule has 2 aromatic carbocycles. The van der Waals surface area contributed by atoms with Gasteiger partial charge in [-0.2, -0.15) is 0 Å². The molecule has 0 bridgehead atoms. The second kappa shape index (κ2) is 10.7. The fourth-order valence-electron chi connectivity index (χ4n) is 2.49. The van der Waals surface area contributed by atoms with Crippen molar-refractivity contribution in [1.82, 2.24) is 10.6 Å². The van der Waals surface area contributed by atoms with Crippen LogP contribution in [0.5, 0.6) is 5.75 Å². The van der Waals surface area contributed by atoms with Crippen LogP contribution < -0.4 is 15.4 Å². The van der Waals surface area contributed by atoms with Crippen LogP contribution >= 0.6 is 0 Å². The lowest BCUT2D eigenvalue weighted by Gasteiger charge is -2.17. The molecule has 0 aromatic heterocycles. The quantitative estimate of drug-likeness (QED) is 0.380. The molecule has 0 spiro atoms. The Labute approximate surface area is 165 Å². The standard InChI is InChI=1S/C20H26FN3O3S/c1-16(27-18-9-6-8-17(21)14-18)15-24-20(22-2)23-12-7-13-28(25,26)19-10-4-3-5-11-19/h3-6,8-11,14,16H,7,12-13,15H2,1-2H3,(H2,22,23,24). The fourth-order valence-corrected chi connectivity index (χ4v) is 3.82. The normalized spacial score (nSPS) is 13.0. The van der Waals surface area contributed by atoms with Gasteiger partial charge in [0.25, 0.3) is 0 Å². The fraction of sp³-hybridized carbons (Fsp3) is 0.350. The highest BCUT2D eigenvalue weighted by atomic mass is 32.2. The number of hydrogen-bond acceptors (Lipinski definition) is 4. The molecule has 0 saturated carbocycles. The van der Waals surface area contributed by atoms with E-state index >= 15 is 0 Å². The van der Waals surface area contributed by atoms with Crippen molar-refractivity contribution in [2.45, 2.75) is 24.3 Å². The first kappa shape index (κ1) is 21.7. The summed E-state index contributed by atoms with van der Waals surface area (Å²) < 4.78 is 43.3. The predicted molar refractivity (Wildman–Crippen MR) is 109 cm³/mol. The summed E-state index contributed by atoms with van der Waals surface area (Å²) in [5.41, 5.74) is 0. The number of halogens is 1. The Morgan fingerprint density at radius 3 is 2.57 bits per heavy atom. The highest BCUT2D eigenvalue weighted by Gasteiger charge is 2.13. The molecule has 0 aliphatic heterocycles. The third kappa shape index (κ3) is 7.19. The summed E-state index contributed by atoms with van der Waals surface area (Å²) in [6.07, 6.45) is 0.242. The van der Waals surface area contributed by atoms with E-state index in [0.717, 1.165) is 0 Å². The van der Waals surface area contributed by atoms with Crippen molar-refractivity contribution in [2.24, 2.45) is 4.99 Å². The zero-order valence-corrected chi connectivity index (χ0v) is 16.9.